The Balaban J connectivity index is 2.58. The van der Waals surface area contributed by atoms with Crippen LogP contribution in [0.25, 0.3) is 0 Å². The van der Waals surface area contributed by atoms with Crippen molar-refractivity contribution in [3.8, 4) is 0 Å². The zero-order chi connectivity index (χ0) is 6.85. The van der Waals surface area contributed by atoms with Gasteiger partial charge < -0.3 is 5.32 Å². The van der Waals surface area contributed by atoms with E-state index in [1.807, 2.05) is 5.32 Å². The van der Waals surface area contributed by atoms with Crippen molar-refractivity contribution >= 4 is 23.5 Å². The summed E-state index contributed by atoms with van der Waals surface area (Å²) in [4.78, 5) is 20.9. The maximum absolute atomic E-state index is 10.5. The second kappa shape index (κ2) is 2.23. The van der Waals surface area contributed by atoms with Gasteiger partial charge in [0.15, 0.2) is 0 Å². The molecule has 9 heavy (non-hydrogen) atoms. The summed E-state index contributed by atoms with van der Waals surface area (Å²) < 4.78 is 0. The highest BCUT2D eigenvalue weighted by Gasteiger charge is 2.27. The highest BCUT2D eigenvalue weighted by molar-refractivity contribution is 6.21. The van der Waals surface area contributed by atoms with Gasteiger partial charge in [0.05, 0.1) is 5.88 Å². The van der Waals surface area contributed by atoms with E-state index in [4.69, 9.17) is 11.6 Å². The fraction of sp³-hybridized carbons (Fsp3) is 0.500. The molecule has 0 aromatic heterocycles. The topological polar surface area (TPSA) is 58.2 Å². The van der Waals surface area contributed by atoms with Gasteiger partial charge in [-0.3, -0.25) is 10.1 Å². The fourth-order valence-electron chi connectivity index (χ4n) is 0.568. The quantitative estimate of drug-likeness (QED) is 0.387. The smallest absolute Gasteiger partial charge is 0.322 e. The van der Waals surface area contributed by atoms with Crippen LogP contribution in [0.15, 0.2) is 0 Å². The van der Waals surface area contributed by atoms with E-state index >= 15 is 0 Å². The Morgan fingerprint density at radius 1 is 1.56 bits per heavy atom. The largest absolute Gasteiger partial charge is 0.325 e. The van der Waals surface area contributed by atoms with Crippen molar-refractivity contribution < 1.29 is 9.59 Å². The van der Waals surface area contributed by atoms with E-state index in [1.165, 1.54) is 0 Å². The van der Waals surface area contributed by atoms with Gasteiger partial charge >= 0.3 is 6.03 Å². The van der Waals surface area contributed by atoms with Crippen LogP contribution in [0.3, 0.4) is 0 Å². The number of hydrogen-bond acceptors (Lipinski definition) is 2. The first-order valence-corrected chi connectivity index (χ1v) is 2.95. The number of imide groups is 1. The minimum absolute atomic E-state index is 0.123. The van der Waals surface area contributed by atoms with Crippen molar-refractivity contribution in [3.05, 3.63) is 0 Å². The minimum atomic E-state index is -0.542. The maximum atomic E-state index is 10.5. The van der Waals surface area contributed by atoms with Crippen LogP contribution in [0.5, 0.6) is 0 Å². The lowest BCUT2D eigenvalue weighted by molar-refractivity contribution is -0.119. The number of rotatable bonds is 1. The van der Waals surface area contributed by atoms with Gasteiger partial charge in [0.1, 0.15) is 6.04 Å². The molecule has 50 valence electrons. The zero-order valence-corrected chi connectivity index (χ0v) is 5.23. The number of amides is 3. The van der Waals surface area contributed by atoms with Crippen molar-refractivity contribution in [2.24, 2.45) is 0 Å². The molecule has 0 aromatic carbocycles. The summed E-state index contributed by atoms with van der Waals surface area (Å²) in [6.45, 7) is 0. The monoisotopic (exact) mass is 148 g/mol. The molecule has 1 rings (SSSR count). The lowest BCUT2D eigenvalue weighted by Crippen LogP contribution is -2.30. The molecule has 1 aliphatic heterocycles. The van der Waals surface area contributed by atoms with E-state index in [2.05, 4.69) is 5.32 Å². The van der Waals surface area contributed by atoms with Gasteiger partial charge in [-0.2, -0.15) is 0 Å². The van der Waals surface area contributed by atoms with E-state index in [-0.39, 0.29) is 11.8 Å². The van der Waals surface area contributed by atoms with E-state index in [0.29, 0.717) is 0 Å². The van der Waals surface area contributed by atoms with Crippen LogP contribution in [0.1, 0.15) is 0 Å². The number of nitrogens with one attached hydrogen (secondary N) is 2. The molecule has 0 saturated carbocycles. The molecular formula is C4H5ClN2O2. The lowest BCUT2D eigenvalue weighted by atomic mass is 10.3. The van der Waals surface area contributed by atoms with Crippen molar-refractivity contribution in [1.29, 1.82) is 0 Å². The number of halogens is 1. The molecule has 0 unspecified atom stereocenters. The Labute approximate surface area is 56.6 Å². The van der Waals surface area contributed by atoms with Crippen LogP contribution >= 0.6 is 11.6 Å². The highest BCUT2D eigenvalue weighted by Crippen LogP contribution is 1.94. The first kappa shape index (κ1) is 6.35. The molecule has 0 radical (unpaired) electrons. The van der Waals surface area contributed by atoms with Crippen LogP contribution < -0.4 is 10.6 Å². The molecule has 5 heteroatoms. The average Bonchev–Trinajstić information content (AvgIpc) is 2.10. The van der Waals surface area contributed by atoms with E-state index < -0.39 is 12.1 Å². The molecule has 0 bridgehead atoms. The van der Waals surface area contributed by atoms with Crippen LogP contribution in [0.4, 0.5) is 4.79 Å². The Bertz CT molecular complexity index is 159. The highest BCUT2D eigenvalue weighted by atomic mass is 35.5. The van der Waals surface area contributed by atoms with Gasteiger partial charge in [-0.15, -0.1) is 11.6 Å². The molecule has 1 saturated heterocycles. The number of hydrogen-bond donors (Lipinski definition) is 2. The summed E-state index contributed by atoms with van der Waals surface area (Å²) in [5.41, 5.74) is 0. The predicted octanol–water partition coefficient (Wildman–Crippen LogP) is -0.567. The van der Waals surface area contributed by atoms with Gasteiger partial charge in [-0.1, -0.05) is 0 Å². The van der Waals surface area contributed by atoms with Gasteiger partial charge in [0.25, 0.3) is 5.91 Å². The molecule has 1 heterocycles. The Morgan fingerprint density at radius 3 is 2.44 bits per heavy atom. The third-order valence-corrected chi connectivity index (χ3v) is 1.32. The first-order valence-electron chi connectivity index (χ1n) is 2.41. The Hall–Kier alpha value is -0.770. The standard InChI is InChI=1S/C4H5ClN2O2/c5-1-2-3(8)7-4(9)6-2/h2H,1H2,(H2,6,7,8,9)/t2-/m0/s1. The maximum Gasteiger partial charge on any atom is 0.322 e. The number of alkyl halides is 1. The summed E-state index contributed by atoms with van der Waals surface area (Å²) in [5, 5.41) is 4.37. The van der Waals surface area contributed by atoms with Gasteiger partial charge in [-0.05, 0) is 0 Å². The Morgan fingerprint density at radius 2 is 2.22 bits per heavy atom. The molecule has 1 atom stereocenters. The zero-order valence-electron chi connectivity index (χ0n) is 4.48. The van der Waals surface area contributed by atoms with Crippen LogP contribution in [-0.4, -0.2) is 23.9 Å². The lowest BCUT2D eigenvalue weighted by Gasteiger charge is -1.97. The average molecular weight is 149 g/mol. The Kier molecular flexibility index (Phi) is 1.57. The molecule has 1 fully saturated rings. The normalized spacial score (nSPS) is 25.7. The first-order chi connectivity index (χ1) is 4.24. The van der Waals surface area contributed by atoms with Crippen LogP contribution in [0.2, 0.25) is 0 Å². The van der Waals surface area contributed by atoms with Crippen molar-refractivity contribution in [2.45, 2.75) is 6.04 Å². The molecule has 0 aromatic rings. The van der Waals surface area contributed by atoms with E-state index in [1.54, 1.807) is 0 Å². The molecule has 4 nitrogen and oxygen atoms in total. The predicted molar refractivity (Wildman–Crippen MR) is 31.2 cm³/mol. The summed E-state index contributed by atoms with van der Waals surface area (Å²) >= 11 is 5.29. The molecular weight excluding hydrogens is 144 g/mol. The van der Waals surface area contributed by atoms with Crippen molar-refractivity contribution in [1.82, 2.24) is 10.6 Å². The van der Waals surface area contributed by atoms with Crippen LogP contribution in [-0.2, 0) is 4.79 Å². The molecule has 1 aliphatic rings. The molecule has 3 amide bonds. The van der Waals surface area contributed by atoms with Crippen molar-refractivity contribution in [2.75, 3.05) is 5.88 Å². The fourth-order valence-corrected chi connectivity index (χ4v) is 0.785. The summed E-state index contributed by atoms with van der Waals surface area (Å²) in [6.07, 6.45) is 0. The van der Waals surface area contributed by atoms with Gasteiger partial charge in [0, 0.05) is 0 Å². The van der Waals surface area contributed by atoms with E-state index in [0.717, 1.165) is 0 Å². The number of carbonyl (C=O) groups is 2. The SMILES string of the molecule is O=C1NC(=O)[C@H](CCl)N1. The summed E-state index contributed by atoms with van der Waals surface area (Å²) in [6, 6.07) is -1.01. The van der Waals surface area contributed by atoms with Gasteiger partial charge in [0.2, 0.25) is 0 Å². The third-order valence-electron chi connectivity index (χ3n) is 1.01. The molecule has 0 spiro atoms. The molecule has 2 N–H and O–H groups in total. The number of urea groups is 1. The molecule has 0 aliphatic carbocycles. The second-order valence-corrected chi connectivity index (χ2v) is 1.98. The third kappa shape index (κ3) is 1.13. The van der Waals surface area contributed by atoms with Crippen molar-refractivity contribution in [3.63, 3.8) is 0 Å². The van der Waals surface area contributed by atoms with Gasteiger partial charge in [-0.25, -0.2) is 4.79 Å². The second-order valence-electron chi connectivity index (χ2n) is 1.67. The minimum Gasteiger partial charge on any atom is -0.325 e. The van der Waals surface area contributed by atoms with E-state index in [9.17, 15) is 9.59 Å². The summed E-state index contributed by atoms with van der Waals surface area (Å²) in [7, 11) is 0. The number of carbonyl (C=O) groups excluding carboxylic acids is 2. The summed E-state index contributed by atoms with van der Waals surface area (Å²) in [5.74, 6) is -0.229. The van der Waals surface area contributed by atoms with Crippen LogP contribution in [0, 0.1) is 0 Å².